The van der Waals surface area contributed by atoms with Gasteiger partial charge in [-0.1, -0.05) is 35.9 Å². The molecule has 3 aromatic rings. The lowest BCUT2D eigenvalue weighted by molar-refractivity contribution is -0.113. The number of benzene rings is 3. The van der Waals surface area contributed by atoms with Crippen molar-refractivity contribution in [3.05, 3.63) is 65.7 Å². The van der Waals surface area contributed by atoms with E-state index in [0.29, 0.717) is 10.8 Å². The zero-order chi connectivity index (χ0) is 19.2. The van der Waals surface area contributed by atoms with Gasteiger partial charge in [-0.2, -0.15) is 0 Å². The molecule has 0 aromatic heterocycles. The van der Waals surface area contributed by atoms with Gasteiger partial charge in [0.1, 0.15) is 0 Å². The van der Waals surface area contributed by atoms with Crippen molar-refractivity contribution in [2.75, 3.05) is 29.1 Å². The van der Waals surface area contributed by atoms with Gasteiger partial charge in [0.15, 0.2) is 0 Å². The number of carbonyl (C=O) groups excluding carboxylic acids is 1. The van der Waals surface area contributed by atoms with Crippen LogP contribution in [0.15, 0.2) is 65.6 Å². The van der Waals surface area contributed by atoms with E-state index in [1.807, 2.05) is 60.7 Å². The van der Waals surface area contributed by atoms with Crippen molar-refractivity contribution in [2.24, 2.45) is 0 Å². The third kappa shape index (κ3) is 4.76. The first-order valence-electron chi connectivity index (χ1n) is 9.07. The molecule has 0 spiro atoms. The van der Waals surface area contributed by atoms with Crippen LogP contribution in [0.3, 0.4) is 0 Å². The molecule has 27 heavy (non-hydrogen) atoms. The van der Waals surface area contributed by atoms with E-state index in [2.05, 4.69) is 24.1 Å². The van der Waals surface area contributed by atoms with Crippen molar-refractivity contribution in [1.29, 1.82) is 0 Å². The van der Waals surface area contributed by atoms with Crippen LogP contribution < -0.4 is 10.2 Å². The second-order valence-electron chi connectivity index (χ2n) is 6.15. The molecule has 0 saturated heterocycles. The van der Waals surface area contributed by atoms with E-state index in [1.54, 1.807) is 0 Å². The molecule has 0 aliphatic carbocycles. The maximum Gasteiger partial charge on any atom is 0.234 e. The van der Waals surface area contributed by atoms with E-state index < -0.39 is 0 Å². The first kappa shape index (κ1) is 19.6. The van der Waals surface area contributed by atoms with Crippen LogP contribution in [0.2, 0.25) is 5.02 Å². The van der Waals surface area contributed by atoms with Gasteiger partial charge in [-0.3, -0.25) is 4.79 Å². The lowest BCUT2D eigenvalue weighted by Crippen LogP contribution is -2.21. The van der Waals surface area contributed by atoms with Gasteiger partial charge >= 0.3 is 0 Å². The highest BCUT2D eigenvalue weighted by Gasteiger charge is 2.09. The Kier molecular flexibility index (Phi) is 6.64. The van der Waals surface area contributed by atoms with Crippen LogP contribution in [-0.2, 0) is 4.79 Å². The molecule has 0 heterocycles. The van der Waals surface area contributed by atoms with E-state index in [-0.39, 0.29) is 5.91 Å². The Hall–Kier alpha value is -2.17. The second kappa shape index (κ2) is 9.16. The minimum absolute atomic E-state index is 0.0281. The standard InChI is InChI=1S/C22H23ClN2OS/c1-3-25(4-2)18-13-11-17(12-14-18)24-21(26)15-27-20-10-6-8-16-7-5-9-19(23)22(16)20/h5-14H,3-4,15H2,1-2H3,(H,24,26). The summed E-state index contributed by atoms with van der Waals surface area (Å²) in [5.41, 5.74) is 1.98. The molecule has 0 aliphatic heterocycles. The molecule has 0 bridgehead atoms. The summed E-state index contributed by atoms with van der Waals surface area (Å²) in [7, 11) is 0. The lowest BCUT2D eigenvalue weighted by Gasteiger charge is -2.21. The number of carbonyl (C=O) groups is 1. The fourth-order valence-electron chi connectivity index (χ4n) is 3.07. The Morgan fingerprint density at radius 2 is 1.67 bits per heavy atom. The van der Waals surface area contributed by atoms with Crippen molar-refractivity contribution < 1.29 is 4.79 Å². The molecule has 1 N–H and O–H groups in total. The van der Waals surface area contributed by atoms with Crippen molar-refractivity contribution in [3.63, 3.8) is 0 Å². The summed E-state index contributed by atoms with van der Waals surface area (Å²) in [6, 6.07) is 19.9. The Morgan fingerprint density at radius 3 is 2.33 bits per heavy atom. The molecule has 1 amide bonds. The van der Waals surface area contributed by atoms with Gasteiger partial charge in [0.25, 0.3) is 0 Å². The molecule has 3 aromatic carbocycles. The van der Waals surface area contributed by atoms with Gasteiger partial charge < -0.3 is 10.2 Å². The summed E-state index contributed by atoms with van der Waals surface area (Å²) in [4.78, 5) is 15.7. The van der Waals surface area contributed by atoms with Gasteiger partial charge in [0.2, 0.25) is 5.91 Å². The number of anilines is 2. The third-order valence-electron chi connectivity index (χ3n) is 4.45. The highest BCUT2D eigenvalue weighted by molar-refractivity contribution is 8.00. The lowest BCUT2D eigenvalue weighted by atomic mass is 10.1. The van der Waals surface area contributed by atoms with E-state index in [4.69, 9.17) is 11.6 Å². The second-order valence-corrected chi connectivity index (χ2v) is 7.57. The zero-order valence-corrected chi connectivity index (χ0v) is 17.1. The molecule has 0 saturated carbocycles. The minimum Gasteiger partial charge on any atom is -0.372 e. The highest BCUT2D eigenvalue weighted by Crippen LogP contribution is 2.33. The molecule has 0 atom stereocenters. The number of hydrogen-bond acceptors (Lipinski definition) is 3. The average Bonchev–Trinajstić information content (AvgIpc) is 2.69. The molecule has 5 heteroatoms. The van der Waals surface area contributed by atoms with Crippen LogP contribution in [0, 0.1) is 0 Å². The van der Waals surface area contributed by atoms with Crippen molar-refractivity contribution in [2.45, 2.75) is 18.7 Å². The number of thioether (sulfide) groups is 1. The quantitative estimate of drug-likeness (QED) is 0.490. The van der Waals surface area contributed by atoms with E-state index >= 15 is 0 Å². The topological polar surface area (TPSA) is 32.3 Å². The number of halogens is 1. The van der Waals surface area contributed by atoms with E-state index in [0.717, 1.165) is 40.1 Å². The Labute approximate surface area is 169 Å². The number of amides is 1. The fraction of sp³-hybridized carbons (Fsp3) is 0.227. The largest absolute Gasteiger partial charge is 0.372 e. The summed E-state index contributed by atoms with van der Waals surface area (Å²) < 4.78 is 0. The summed E-state index contributed by atoms with van der Waals surface area (Å²) >= 11 is 7.86. The Morgan fingerprint density at radius 1 is 1.00 bits per heavy atom. The van der Waals surface area contributed by atoms with Crippen LogP contribution in [0.25, 0.3) is 10.8 Å². The first-order valence-corrected chi connectivity index (χ1v) is 10.4. The summed E-state index contributed by atoms with van der Waals surface area (Å²) in [5, 5.41) is 5.76. The van der Waals surface area contributed by atoms with Crippen LogP contribution in [-0.4, -0.2) is 24.7 Å². The minimum atomic E-state index is -0.0281. The van der Waals surface area contributed by atoms with Crippen molar-refractivity contribution in [1.82, 2.24) is 0 Å². The van der Waals surface area contributed by atoms with Gasteiger partial charge in [0.05, 0.1) is 5.75 Å². The van der Waals surface area contributed by atoms with Crippen LogP contribution in [0.5, 0.6) is 0 Å². The molecule has 140 valence electrons. The monoisotopic (exact) mass is 398 g/mol. The number of hydrogen-bond donors (Lipinski definition) is 1. The summed E-state index contributed by atoms with van der Waals surface area (Å²) in [6.45, 7) is 6.20. The van der Waals surface area contributed by atoms with E-state index in [9.17, 15) is 4.79 Å². The van der Waals surface area contributed by atoms with E-state index in [1.165, 1.54) is 11.8 Å². The van der Waals surface area contributed by atoms with Crippen LogP contribution in [0.4, 0.5) is 11.4 Å². The maximum atomic E-state index is 12.4. The smallest absolute Gasteiger partial charge is 0.234 e. The van der Waals surface area contributed by atoms with Crippen LogP contribution >= 0.6 is 23.4 Å². The number of nitrogens with zero attached hydrogens (tertiary/aromatic N) is 1. The third-order valence-corrected chi connectivity index (χ3v) is 5.83. The Balaban J connectivity index is 1.64. The number of rotatable bonds is 7. The number of nitrogens with one attached hydrogen (secondary N) is 1. The number of fused-ring (bicyclic) bond motifs is 1. The van der Waals surface area contributed by atoms with Gasteiger partial charge in [-0.15, -0.1) is 11.8 Å². The molecular formula is C22H23ClN2OS. The predicted octanol–water partition coefficient (Wildman–Crippen LogP) is 6.07. The van der Waals surface area contributed by atoms with Gasteiger partial charge in [-0.25, -0.2) is 0 Å². The predicted molar refractivity (Wildman–Crippen MR) is 118 cm³/mol. The molecule has 3 nitrogen and oxygen atoms in total. The van der Waals surface area contributed by atoms with Crippen molar-refractivity contribution in [3.8, 4) is 0 Å². The fourth-order valence-corrected chi connectivity index (χ4v) is 4.31. The van der Waals surface area contributed by atoms with Crippen LogP contribution in [0.1, 0.15) is 13.8 Å². The van der Waals surface area contributed by atoms with Gasteiger partial charge in [0, 0.05) is 39.8 Å². The molecule has 3 rings (SSSR count). The zero-order valence-electron chi connectivity index (χ0n) is 15.5. The van der Waals surface area contributed by atoms with Crippen molar-refractivity contribution >= 4 is 51.4 Å². The summed E-state index contributed by atoms with van der Waals surface area (Å²) in [5.74, 6) is 0.307. The van der Waals surface area contributed by atoms with Gasteiger partial charge in [-0.05, 0) is 55.6 Å². The molecule has 0 fully saturated rings. The molecule has 0 radical (unpaired) electrons. The maximum absolute atomic E-state index is 12.4. The normalized spacial score (nSPS) is 10.8. The SMILES string of the molecule is CCN(CC)c1ccc(NC(=O)CSc2cccc3cccc(Cl)c23)cc1. The molecule has 0 unspecified atom stereocenters. The average molecular weight is 399 g/mol. The first-order chi connectivity index (χ1) is 13.1. The molecule has 0 aliphatic rings. The Bertz CT molecular complexity index is 918. The molecular weight excluding hydrogens is 376 g/mol. The summed E-state index contributed by atoms with van der Waals surface area (Å²) in [6.07, 6.45) is 0. The highest BCUT2D eigenvalue weighted by atomic mass is 35.5.